The number of likely N-dealkylation sites (tertiary alicyclic amines) is 1. The molecule has 1 heterocycles. The Morgan fingerprint density at radius 2 is 2.07 bits per heavy atom. The molecular formula is C9H18ClNO3. The highest BCUT2D eigenvalue weighted by Crippen LogP contribution is 2.14. The molecule has 1 saturated heterocycles. The third-order valence-corrected chi connectivity index (χ3v) is 1.82. The molecule has 0 unspecified atom stereocenters. The van der Waals surface area contributed by atoms with Gasteiger partial charge in [-0.25, -0.2) is 4.79 Å². The van der Waals surface area contributed by atoms with Crippen molar-refractivity contribution in [3.8, 4) is 0 Å². The Morgan fingerprint density at radius 1 is 1.50 bits per heavy atom. The molecule has 0 aromatic carbocycles. The highest BCUT2D eigenvalue weighted by Gasteiger charge is 2.28. The summed E-state index contributed by atoms with van der Waals surface area (Å²) in [7, 11) is 0. The number of carbonyl (C=O) groups excluding carboxylic acids is 1. The lowest BCUT2D eigenvalue weighted by Gasteiger charge is -2.24. The van der Waals surface area contributed by atoms with E-state index in [4.69, 9.17) is 4.74 Å². The van der Waals surface area contributed by atoms with E-state index < -0.39 is 5.60 Å². The van der Waals surface area contributed by atoms with Crippen LogP contribution in [0, 0.1) is 0 Å². The summed E-state index contributed by atoms with van der Waals surface area (Å²) in [5, 5.41) is 9.20. The number of ether oxygens (including phenoxy) is 1. The second-order valence-corrected chi connectivity index (χ2v) is 4.37. The van der Waals surface area contributed by atoms with Crippen LogP contribution in [0.4, 0.5) is 4.79 Å². The van der Waals surface area contributed by atoms with Crippen LogP contribution in [0.25, 0.3) is 0 Å². The second kappa shape index (κ2) is 4.84. The summed E-state index contributed by atoms with van der Waals surface area (Å²) in [6, 6.07) is 0. The zero-order chi connectivity index (χ0) is 10.1. The van der Waals surface area contributed by atoms with Gasteiger partial charge in [-0.15, -0.1) is 12.4 Å². The maximum absolute atomic E-state index is 11.4. The van der Waals surface area contributed by atoms with E-state index in [0.29, 0.717) is 19.5 Å². The van der Waals surface area contributed by atoms with Crippen molar-refractivity contribution in [2.24, 2.45) is 0 Å². The summed E-state index contributed by atoms with van der Waals surface area (Å²) >= 11 is 0. The van der Waals surface area contributed by atoms with Gasteiger partial charge in [0.1, 0.15) is 5.60 Å². The molecule has 0 bridgehead atoms. The zero-order valence-electron chi connectivity index (χ0n) is 8.82. The first kappa shape index (κ1) is 13.5. The molecule has 5 heteroatoms. The van der Waals surface area contributed by atoms with Crippen LogP contribution in [-0.2, 0) is 4.74 Å². The van der Waals surface area contributed by atoms with Crippen molar-refractivity contribution in [2.45, 2.75) is 38.9 Å². The molecule has 1 aliphatic heterocycles. The van der Waals surface area contributed by atoms with Gasteiger partial charge >= 0.3 is 6.09 Å². The Morgan fingerprint density at radius 3 is 2.43 bits per heavy atom. The fourth-order valence-corrected chi connectivity index (χ4v) is 1.23. The molecule has 84 valence electrons. The van der Waals surface area contributed by atoms with Crippen LogP contribution in [0.1, 0.15) is 27.2 Å². The molecule has 1 fully saturated rings. The Bertz CT molecular complexity index is 203. The first-order chi connectivity index (χ1) is 5.88. The van der Waals surface area contributed by atoms with Crippen molar-refractivity contribution in [1.29, 1.82) is 0 Å². The minimum Gasteiger partial charge on any atom is -0.444 e. The third kappa shape index (κ3) is 4.15. The number of carbonyl (C=O) groups is 1. The summed E-state index contributed by atoms with van der Waals surface area (Å²) < 4.78 is 5.15. The van der Waals surface area contributed by atoms with E-state index >= 15 is 0 Å². The van der Waals surface area contributed by atoms with Gasteiger partial charge in [0.25, 0.3) is 0 Å². The fourth-order valence-electron chi connectivity index (χ4n) is 1.23. The molecule has 1 amide bonds. The second-order valence-electron chi connectivity index (χ2n) is 4.37. The number of aliphatic hydroxyl groups is 1. The SMILES string of the molecule is CC(C)(C)OC(=O)N1CC[C@@H](O)C1.Cl. The Kier molecular flexibility index (Phi) is 4.68. The quantitative estimate of drug-likeness (QED) is 0.676. The first-order valence-corrected chi connectivity index (χ1v) is 4.54. The van der Waals surface area contributed by atoms with Crippen molar-refractivity contribution >= 4 is 18.5 Å². The monoisotopic (exact) mass is 223 g/mol. The highest BCUT2D eigenvalue weighted by molar-refractivity contribution is 5.85. The molecule has 1 rings (SSSR count). The summed E-state index contributed by atoms with van der Waals surface area (Å²) in [6.07, 6.45) is -0.0595. The topological polar surface area (TPSA) is 49.8 Å². The third-order valence-electron chi connectivity index (χ3n) is 1.82. The largest absolute Gasteiger partial charge is 0.444 e. The Balaban J connectivity index is 0.00000169. The fraction of sp³-hybridized carbons (Fsp3) is 0.889. The molecule has 0 radical (unpaired) electrons. The van der Waals surface area contributed by atoms with Crippen molar-refractivity contribution in [1.82, 2.24) is 4.90 Å². The van der Waals surface area contributed by atoms with Crippen LogP contribution in [0.2, 0.25) is 0 Å². The highest BCUT2D eigenvalue weighted by atomic mass is 35.5. The van der Waals surface area contributed by atoms with E-state index in [1.807, 2.05) is 20.8 Å². The lowest BCUT2D eigenvalue weighted by Crippen LogP contribution is -2.35. The summed E-state index contributed by atoms with van der Waals surface area (Å²) in [5.74, 6) is 0. The van der Waals surface area contributed by atoms with E-state index in [0.717, 1.165) is 0 Å². The Hall–Kier alpha value is -0.480. The standard InChI is InChI=1S/C9H17NO3.ClH/c1-9(2,3)13-8(12)10-5-4-7(11)6-10;/h7,11H,4-6H2,1-3H3;1H/t7-;/m1./s1. The summed E-state index contributed by atoms with van der Waals surface area (Å²) in [4.78, 5) is 12.9. The molecule has 4 nitrogen and oxygen atoms in total. The minimum atomic E-state index is -0.454. The maximum Gasteiger partial charge on any atom is 0.410 e. The normalized spacial score (nSPS) is 21.7. The van der Waals surface area contributed by atoms with Gasteiger partial charge in [0.15, 0.2) is 0 Å². The smallest absolute Gasteiger partial charge is 0.410 e. The predicted molar refractivity (Wildman–Crippen MR) is 55.7 cm³/mol. The molecular weight excluding hydrogens is 206 g/mol. The average Bonchev–Trinajstić information content (AvgIpc) is 2.31. The van der Waals surface area contributed by atoms with Crippen LogP contribution in [-0.4, -0.2) is 40.9 Å². The van der Waals surface area contributed by atoms with Crippen LogP contribution >= 0.6 is 12.4 Å². The molecule has 0 spiro atoms. The predicted octanol–water partition coefficient (Wildman–Crippen LogP) is 1.41. The summed E-state index contributed by atoms with van der Waals surface area (Å²) in [5.41, 5.74) is -0.454. The number of hydrogen-bond donors (Lipinski definition) is 1. The first-order valence-electron chi connectivity index (χ1n) is 4.54. The maximum atomic E-state index is 11.4. The van der Waals surface area contributed by atoms with E-state index in [-0.39, 0.29) is 24.6 Å². The van der Waals surface area contributed by atoms with Gasteiger partial charge in [0.2, 0.25) is 0 Å². The zero-order valence-corrected chi connectivity index (χ0v) is 9.63. The van der Waals surface area contributed by atoms with E-state index in [1.54, 1.807) is 0 Å². The number of hydrogen-bond acceptors (Lipinski definition) is 3. The molecule has 14 heavy (non-hydrogen) atoms. The van der Waals surface area contributed by atoms with Crippen LogP contribution in [0.5, 0.6) is 0 Å². The average molecular weight is 224 g/mol. The number of rotatable bonds is 0. The number of aliphatic hydroxyl groups excluding tert-OH is 1. The molecule has 0 aromatic rings. The number of nitrogens with zero attached hydrogens (tertiary/aromatic N) is 1. The Labute approximate surface area is 90.6 Å². The van der Waals surface area contributed by atoms with Crippen molar-refractivity contribution in [3.63, 3.8) is 0 Å². The van der Waals surface area contributed by atoms with Gasteiger partial charge in [0, 0.05) is 13.1 Å². The van der Waals surface area contributed by atoms with Crippen molar-refractivity contribution < 1.29 is 14.6 Å². The van der Waals surface area contributed by atoms with Gasteiger partial charge in [-0.3, -0.25) is 0 Å². The number of β-amino-alcohol motifs (C(OH)–C–C–N with tert-alkyl or cyclic N) is 1. The molecule has 0 saturated carbocycles. The lowest BCUT2D eigenvalue weighted by atomic mass is 10.2. The summed E-state index contributed by atoms with van der Waals surface area (Å²) in [6.45, 7) is 6.48. The van der Waals surface area contributed by atoms with Gasteiger partial charge in [-0.05, 0) is 27.2 Å². The van der Waals surface area contributed by atoms with Gasteiger partial charge in [-0.2, -0.15) is 0 Å². The van der Waals surface area contributed by atoms with Crippen LogP contribution < -0.4 is 0 Å². The molecule has 1 N–H and O–H groups in total. The van der Waals surface area contributed by atoms with E-state index in [9.17, 15) is 9.90 Å². The van der Waals surface area contributed by atoms with Crippen molar-refractivity contribution in [3.05, 3.63) is 0 Å². The van der Waals surface area contributed by atoms with E-state index in [2.05, 4.69) is 0 Å². The molecule has 1 aliphatic rings. The van der Waals surface area contributed by atoms with Gasteiger partial charge in [0.05, 0.1) is 6.10 Å². The molecule has 1 atom stereocenters. The van der Waals surface area contributed by atoms with Crippen LogP contribution in [0.15, 0.2) is 0 Å². The van der Waals surface area contributed by atoms with E-state index in [1.165, 1.54) is 4.90 Å². The molecule has 0 aromatic heterocycles. The van der Waals surface area contributed by atoms with Crippen LogP contribution in [0.3, 0.4) is 0 Å². The van der Waals surface area contributed by atoms with Crippen molar-refractivity contribution in [2.75, 3.05) is 13.1 Å². The van der Waals surface area contributed by atoms with Gasteiger partial charge < -0.3 is 14.7 Å². The minimum absolute atomic E-state index is 0. The van der Waals surface area contributed by atoms with Gasteiger partial charge in [-0.1, -0.05) is 0 Å². The number of halogens is 1. The number of amides is 1. The molecule has 0 aliphatic carbocycles. The lowest BCUT2D eigenvalue weighted by molar-refractivity contribution is 0.0270.